The van der Waals surface area contributed by atoms with E-state index in [2.05, 4.69) is 30.3 Å². The van der Waals surface area contributed by atoms with Crippen LogP contribution in [0.15, 0.2) is 66.7 Å². The molecule has 0 aliphatic carbocycles. The van der Waals surface area contributed by atoms with Gasteiger partial charge in [-0.05, 0) is 34.0 Å². The third-order valence-corrected chi connectivity index (χ3v) is 3.59. The van der Waals surface area contributed by atoms with E-state index in [9.17, 15) is 4.79 Å². The van der Waals surface area contributed by atoms with Gasteiger partial charge in [-0.2, -0.15) is 0 Å². The second-order valence-corrected chi connectivity index (χ2v) is 5.02. The number of rotatable bonds is 3. The molecule has 0 bridgehead atoms. The molecular formula is C20H16O2. The maximum absolute atomic E-state index is 11.8. The van der Waals surface area contributed by atoms with Crippen molar-refractivity contribution >= 4 is 28.9 Å². The molecule has 0 aromatic heterocycles. The van der Waals surface area contributed by atoms with Gasteiger partial charge in [0.1, 0.15) is 0 Å². The quantitative estimate of drug-likeness (QED) is 0.511. The number of methoxy groups -OCH3 is 1. The van der Waals surface area contributed by atoms with Crippen molar-refractivity contribution in [1.29, 1.82) is 0 Å². The fourth-order valence-corrected chi connectivity index (χ4v) is 2.44. The summed E-state index contributed by atoms with van der Waals surface area (Å²) in [5, 5.41) is 2.42. The van der Waals surface area contributed by atoms with Crippen LogP contribution in [-0.2, 0) is 4.74 Å². The maximum Gasteiger partial charge on any atom is 0.338 e. The number of esters is 1. The number of hydrogen-bond acceptors (Lipinski definition) is 2. The Morgan fingerprint density at radius 3 is 2.41 bits per heavy atom. The van der Waals surface area contributed by atoms with Crippen LogP contribution in [0.25, 0.3) is 22.9 Å². The Bertz CT molecular complexity index is 847. The molecular weight excluding hydrogens is 272 g/mol. The van der Waals surface area contributed by atoms with Gasteiger partial charge in [0, 0.05) is 0 Å². The third-order valence-electron chi connectivity index (χ3n) is 3.59. The molecule has 3 aromatic carbocycles. The van der Waals surface area contributed by atoms with E-state index in [0.717, 1.165) is 11.1 Å². The van der Waals surface area contributed by atoms with Gasteiger partial charge in [0.25, 0.3) is 0 Å². The minimum absolute atomic E-state index is 0.321. The normalized spacial score (nSPS) is 11.0. The Kier molecular flexibility index (Phi) is 4.01. The first-order valence-corrected chi connectivity index (χ1v) is 7.12. The average molecular weight is 288 g/mol. The fourth-order valence-electron chi connectivity index (χ4n) is 2.44. The Morgan fingerprint density at radius 2 is 1.59 bits per heavy atom. The molecule has 0 saturated heterocycles. The van der Waals surface area contributed by atoms with Gasteiger partial charge < -0.3 is 4.74 Å². The molecule has 2 nitrogen and oxygen atoms in total. The van der Waals surface area contributed by atoms with Crippen molar-refractivity contribution in [3.63, 3.8) is 0 Å². The molecule has 3 aromatic rings. The molecule has 0 fully saturated rings. The molecule has 0 spiro atoms. The zero-order valence-corrected chi connectivity index (χ0v) is 12.3. The molecule has 0 atom stereocenters. The minimum atomic E-state index is -0.321. The predicted octanol–water partition coefficient (Wildman–Crippen LogP) is 4.80. The van der Waals surface area contributed by atoms with Crippen molar-refractivity contribution < 1.29 is 9.53 Å². The van der Waals surface area contributed by atoms with Crippen molar-refractivity contribution in [2.45, 2.75) is 0 Å². The van der Waals surface area contributed by atoms with Gasteiger partial charge in [-0.1, -0.05) is 66.7 Å². The molecule has 0 unspecified atom stereocenters. The van der Waals surface area contributed by atoms with Gasteiger partial charge >= 0.3 is 5.97 Å². The lowest BCUT2D eigenvalue weighted by Crippen LogP contribution is -2.02. The molecule has 0 radical (unpaired) electrons. The number of benzene rings is 3. The van der Waals surface area contributed by atoms with Crippen LogP contribution < -0.4 is 0 Å². The summed E-state index contributed by atoms with van der Waals surface area (Å²) in [6.45, 7) is 0. The van der Waals surface area contributed by atoms with Crippen LogP contribution in [0.3, 0.4) is 0 Å². The lowest BCUT2D eigenvalue weighted by molar-refractivity contribution is 0.0600. The van der Waals surface area contributed by atoms with E-state index in [1.807, 2.05) is 42.5 Å². The Balaban J connectivity index is 1.94. The zero-order valence-electron chi connectivity index (χ0n) is 12.3. The molecule has 3 rings (SSSR count). The molecule has 0 saturated carbocycles. The van der Waals surface area contributed by atoms with Gasteiger partial charge in [0.2, 0.25) is 0 Å². The first-order chi connectivity index (χ1) is 10.8. The van der Waals surface area contributed by atoms with Gasteiger partial charge in [-0.15, -0.1) is 0 Å². The van der Waals surface area contributed by atoms with Crippen molar-refractivity contribution in [2.75, 3.05) is 7.11 Å². The van der Waals surface area contributed by atoms with Gasteiger partial charge in [0.15, 0.2) is 0 Å². The van der Waals surface area contributed by atoms with E-state index in [1.54, 1.807) is 6.07 Å². The average Bonchev–Trinajstić information content (AvgIpc) is 2.59. The summed E-state index contributed by atoms with van der Waals surface area (Å²) in [7, 11) is 1.40. The van der Waals surface area contributed by atoms with E-state index in [4.69, 9.17) is 4.74 Å². The fraction of sp³-hybridized carbons (Fsp3) is 0.0500. The Morgan fingerprint density at radius 1 is 0.864 bits per heavy atom. The highest BCUT2D eigenvalue weighted by molar-refractivity contribution is 5.95. The van der Waals surface area contributed by atoms with Crippen molar-refractivity contribution in [1.82, 2.24) is 0 Å². The van der Waals surface area contributed by atoms with E-state index in [-0.39, 0.29) is 5.97 Å². The molecule has 0 aliphatic heterocycles. The third kappa shape index (κ3) is 2.91. The zero-order chi connectivity index (χ0) is 15.4. The summed E-state index contributed by atoms with van der Waals surface area (Å²) in [6.07, 6.45) is 3.95. The summed E-state index contributed by atoms with van der Waals surface area (Å²) in [6, 6.07) is 22.0. The minimum Gasteiger partial charge on any atom is -0.465 e. The van der Waals surface area contributed by atoms with Crippen LogP contribution in [0.4, 0.5) is 0 Å². The van der Waals surface area contributed by atoms with E-state index >= 15 is 0 Å². The molecule has 108 valence electrons. The van der Waals surface area contributed by atoms with Crippen LogP contribution >= 0.6 is 0 Å². The highest BCUT2D eigenvalue weighted by Gasteiger charge is 2.08. The number of carbonyl (C=O) groups is 1. The number of hydrogen-bond donors (Lipinski definition) is 0. The molecule has 22 heavy (non-hydrogen) atoms. The number of fused-ring (bicyclic) bond motifs is 1. The molecule has 0 aliphatic rings. The van der Waals surface area contributed by atoms with Crippen molar-refractivity contribution in [2.24, 2.45) is 0 Å². The lowest BCUT2D eigenvalue weighted by Gasteiger charge is -2.03. The van der Waals surface area contributed by atoms with E-state index in [1.165, 1.54) is 17.9 Å². The Hall–Kier alpha value is -2.87. The summed E-state index contributed by atoms with van der Waals surface area (Å²) >= 11 is 0. The predicted molar refractivity (Wildman–Crippen MR) is 90.7 cm³/mol. The lowest BCUT2D eigenvalue weighted by atomic mass is 10.0. The largest absolute Gasteiger partial charge is 0.465 e. The van der Waals surface area contributed by atoms with Crippen molar-refractivity contribution in [3.05, 3.63) is 83.4 Å². The smallest absolute Gasteiger partial charge is 0.338 e. The summed E-state index contributed by atoms with van der Waals surface area (Å²) in [5.74, 6) is -0.321. The molecule has 0 heterocycles. The molecule has 2 heteroatoms. The van der Waals surface area contributed by atoms with Gasteiger partial charge in [-0.25, -0.2) is 4.79 Å². The highest BCUT2D eigenvalue weighted by Crippen LogP contribution is 2.18. The molecule has 0 N–H and O–H groups in total. The van der Waals surface area contributed by atoms with Gasteiger partial charge in [-0.3, -0.25) is 0 Å². The topological polar surface area (TPSA) is 26.3 Å². The van der Waals surface area contributed by atoms with Gasteiger partial charge in [0.05, 0.1) is 12.7 Å². The van der Waals surface area contributed by atoms with Crippen LogP contribution in [-0.4, -0.2) is 13.1 Å². The maximum atomic E-state index is 11.8. The second kappa shape index (κ2) is 6.27. The first kappa shape index (κ1) is 14.1. The number of ether oxygens (including phenoxy) is 1. The van der Waals surface area contributed by atoms with Crippen LogP contribution in [0.2, 0.25) is 0 Å². The summed E-state index contributed by atoms with van der Waals surface area (Å²) < 4.78 is 4.81. The monoisotopic (exact) mass is 288 g/mol. The number of carbonyl (C=O) groups excluding carboxylic acids is 1. The van der Waals surface area contributed by atoms with E-state index < -0.39 is 0 Å². The van der Waals surface area contributed by atoms with Crippen LogP contribution in [0.1, 0.15) is 21.5 Å². The Labute approximate surface area is 129 Å². The second-order valence-electron chi connectivity index (χ2n) is 5.02. The van der Waals surface area contributed by atoms with Crippen LogP contribution in [0, 0.1) is 0 Å². The standard InChI is InChI=1S/C20H16O2/c1-22-20(21)19-9-5-4-7-17(19)13-11-15-10-12-16-6-2-3-8-18(16)14-15/h2-14H,1H3/b13-11+. The summed E-state index contributed by atoms with van der Waals surface area (Å²) in [4.78, 5) is 11.8. The first-order valence-electron chi connectivity index (χ1n) is 7.12. The van der Waals surface area contributed by atoms with Crippen LogP contribution in [0.5, 0.6) is 0 Å². The van der Waals surface area contributed by atoms with E-state index in [0.29, 0.717) is 5.56 Å². The summed E-state index contributed by atoms with van der Waals surface area (Å²) in [5.41, 5.74) is 2.52. The SMILES string of the molecule is COC(=O)c1ccccc1/C=C/c1ccc2ccccc2c1. The molecule has 0 amide bonds. The highest BCUT2D eigenvalue weighted by atomic mass is 16.5. The van der Waals surface area contributed by atoms with Crippen molar-refractivity contribution in [3.8, 4) is 0 Å².